The van der Waals surface area contributed by atoms with Crippen molar-refractivity contribution in [1.82, 2.24) is 29.6 Å². The molecule has 25 heavy (non-hydrogen) atoms. The minimum absolute atomic E-state index is 0.768. The van der Waals surface area contributed by atoms with Crippen LogP contribution in [0.1, 0.15) is 22.6 Å². The van der Waals surface area contributed by atoms with Gasteiger partial charge in [-0.05, 0) is 31.5 Å². The summed E-state index contributed by atoms with van der Waals surface area (Å²) in [7, 11) is 6.07. The van der Waals surface area contributed by atoms with Gasteiger partial charge in [-0.2, -0.15) is 5.10 Å². The predicted octanol–water partition coefficient (Wildman–Crippen LogP) is 1.97. The molecule has 0 aliphatic heterocycles. The fraction of sp³-hybridized carbons (Fsp3) is 0.389. The predicted molar refractivity (Wildman–Crippen MR) is 98.9 cm³/mol. The summed E-state index contributed by atoms with van der Waals surface area (Å²) in [5.41, 5.74) is 3.47. The fourth-order valence-corrected chi connectivity index (χ4v) is 3.11. The number of hydrogen-bond donors (Lipinski definition) is 1. The molecule has 3 heterocycles. The topological polar surface area (TPSA) is 63.8 Å². The van der Waals surface area contributed by atoms with Crippen LogP contribution in [0.4, 0.5) is 5.82 Å². The number of nitrogens with zero attached hydrogens (tertiary/aromatic N) is 6. The molecule has 0 bridgehead atoms. The first kappa shape index (κ1) is 17.2. The Kier molecular flexibility index (Phi) is 4.85. The zero-order chi connectivity index (χ0) is 18.0. The van der Waals surface area contributed by atoms with Crippen molar-refractivity contribution in [2.24, 2.45) is 7.05 Å². The van der Waals surface area contributed by atoms with Crippen molar-refractivity contribution in [2.45, 2.75) is 26.9 Å². The Morgan fingerprint density at radius 2 is 1.92 bits per heavy atom. The number of anilines is 1. The molecule has 3 rings (SSSR count). The van der Waals surface area contributed by atoms with Crippen molar-refractivity contribution in [1.29, 1.82) is 0 Å². The lowest BCUT2D eigenvalue weighted by Crippen LogP contribution is -2.19. The Labute approximate surface area is 148 Å². The summed E-state index contributed by atoms with van der Waals surface area (Å²) in [6, 6.07) is 4.12. The van der Waals surface area contributed by atoms with E-state index in [1.807, 2.05) is 55.8 Å². The van der Waals surface area contributed by atoms with E-state index in [1.165, 1.54) is 11.1 Å². The largest absolute Gasteiger partial charge is 0.363 e. The highest BCUT2D eigenvalue weighted by Crippen LogP contribution is 2.21. The summed E-state index contributed by atoms with van der Waals surface area (Å²) >= 11 is 0. The summed E-state index contributed by atoms with van der Waals surface area (Å²) < 4.78 is 3.91. The van der Waals surface area contributed by atoms with E-state index in [9.17, 15) is 0 Å². The first-order valence-corrected chi connectivity index (χ1v) is 8.33. The fourth-order valence-electron chi connectivity index (χ4n) is 3.11. The maximum atomic E-state index is 4.53. The van der Waals surface area contributed by atoms with E-state index >= 15 is 0 Å². The highest BCUT2D eigenvalue weighted by atomic mass is 15.4. The average molecular weight is 339 g/mol. The van der Waals surface area contributed by atoms with Crippen molar-refractivity contribution in [2.75, 3.05) is 19.0 Å². The van der Waals surface area contributed by atoms with E-state index in [2.05, 4.69) is 38.3 Å². The van der Waals surface area contributed by atoms with Crippen LogP contribution >= 0.6 is 0 Å². The Morgan fingerprint density at radius 3 is 2.60 bits per heavy atom. The molecule has 0 aromatic carbocycles. The smallest absolute Gasteiger partial charge is 0.138 e. The minimum atomic E-state index is 0.768. The van der Waals surface area contributed by atoms with E-state index in [0.29, 0.717) is 0 Å². The Hall–Kier alpha value is -2.67. The molecule has 0 aliphatic rings. The standard InChI is InChI=1S/C18H25N7/c1-13-16(18(23(3)4)24(5)22-13)12-19-11-15-6-7-21-17(10-15)25-9-8-20-14(25)2/h6-10,19H,11-12H2,1-5H3. The van der Waals surface area contributed by atoms with Crippen LogP contribution in [0.15, 0.2) is 30.7 Å². The number of nitrogens with one attached hydrogen (secondary N) is 1. The van der Waals surface area contributed by atoms with E-state index in [0.717, 1.165) is 36.2 Å². The first-order chi connectivity index (χ1) is 12.0. The van der Waals surface area contributed by atoms with Gasteiger partial charge in [0.05, 0.1) is 5.69 Å². The van der Waals surface area contributed by atoms with Gasteiger partial charge in [-0.1, -0.05) is 0 Å². The Bertz CT molecular complexity index is 860. The number of aromatic nitrogens is 5. The van der Waals surface area contributed by atoms with E-state index in [1.54, 1.807) is 6.20 Å². The van der Waals surface area contributed by atoms with Crippen LogP contribution in [0.25, 0.3) is 5.82 Å². The third-order valence-electron chi connectivity index (χ3n) is 4.25. The zero-order valence-electron chi connectivity index (χ0n) is 15.5. The van der Waals surface area contributed by atoms with E-state index in [4.69, 9.17) is 0 Å². The second-order valence-electron chi connectivity index (χ2n) is 6.38. The second-order valence-corrected chi connectivity index (χ2v) is 6.38. The highest BCUT2D eigenvalue weighted by molar-refractivity contribution is 5.48. The van der Waals surface area contributed by atoms with Gasteiger partial charge in [-0.25, -0.2) is 9.97 Å². The van der Waals surface area contributed by atoms with Crippen molar-refractivity contribution < 1.29 is 0 Å². The number of aryl methyl sites for hydroxylation is 3. The van der Waals surface area contributed by atoms with Gasteiger partial charge in [0.2, 0.25) is 0 Å². The zero-order valence-corrected chi connectivity index (χ0v) is 15.5. The van der Waals surface area contributed by atoms with Crippen LogP contribution < -0.4 is 10.2 Å². The molecular weight excluding hydrogens is 314 g/mol. The van der Waals surface area contributed by atoms with Crippen molar-refractivity contribution in [3.63, 3.8) is 0 Å². The molecule has 0 fully saturated rings. The molecule has 3 aromatic rings. The Morgan fingerprint density at radius 1 is 1.12 bits per heavy atom. The molecule has 7 nitrogen and oxygen atoms in total. The molecule has 0 atom stereocenters. The quantitative estimate of drug-likeness (QED) is 0.744. The van der Waals surface area contributed by atoms with Crippen molar-refractivity contribution >= 4 is 5.82 Å². The number of pyridine rings is 1. The second kappa shape index (κ2) is 7.06. The summed E-state index contributed by atoms with van der Waals surface area (Å²) in [5.74, 6) is 2.95. The normalized spacial score (nSPS) is 11.1. The van der Waals surface area contributed by atoms with Gasteiger partial charge in [0.25, 0.3) is 0 Å². The lowest BCUT2D eigenvalue weighted by molar-refractivity contribution is 0.687. The maximum Gasteiger partial charge on any atom is 0.138 e. The molecule has 0 saturated carbocycles. The van der Waals surface area contributed by atoms with Gasteiger partial charge in [0.1, 0.15) is 17.5 Å². The number of imidazole rings is 1. The molecule has 0 saturated heterocycles. The van der Waals surface area contributed by atoms with Crippen molar-refractivity contribution in [3.05, 3.63) is 53.4 Å². The maximum absolute atomic E-state index is 4.53. The van der Waals surface area contributed by atoms with Crippen LogP contribution in [-0.4, -0.2) is 38.4 Å². The Balaban J connectivity index is 1.70. The van der Waals surface area contributed by atoms with Crippen LogP contribution in [0.2, 0.25) is 0 Å². The van der Waals surface area contributed by atoms with Crippen LogP contribution in [0, 0.1) is 13.8 Å². The summed E-state index contributed by atoms with van der Waals surface area (Å²) in [6.45, 7) is 5.57. The molecule has 0 radical (unpaired) electrons. The molecule has 0 spiro atoms. The van der Waals surface area contributed by atoms with Crippen molar-refractivity contribution in [3.8, 4) is 5.82 Å². The highest BCUT2D eigenvalue weighted by Gasteiger charge is 2.14. The number of rotatable bonds is 6. The average Bonchev–Trinajstić information content (AvgIpc) is 3.11. The molecule has 0 unspecified atom stereocenters. The van der Waals surface area contributed by atoms with Crippen LogP contribution in [0.3, 0.4) is 0 Å². The molecule has 0 aliphatic carbocycles. The van der Waals surface area contributed by atoms with Gasteiger partial charge in [0, 0.05) is 58.4 Å². The van der Waals surface area contributed by atoms with Crippen LogP contribution in [-0.2, 0) is 20.1 Å². The lowest BCUT2D eigenvalue weighted by Gasteiger charge is -2.15. The third kappa shape index (κ3) is 3.56. The van der Waals surface area contributed by atoms with Gasteiger partial charge in [0.15, 0.2) is 0 Å². The molecule has 0 amide bonds. The third-order valence-corrected chi connectivity index (χ3v) is 4.25. The molecule has 1 N–H and O–H groups in total. The van der Waals surface area contributed by atoms with Gasteiger partial charge in [-0.15, -0.1) is 0 Å². The minimum Gasteiger partial charge on any atom is -0.363 e. The SMILES string of the molecule is Cc1nn(C)c(N(C)C)c1CNCc1ccnc(-n2ccnc2C)c1. The summed E-state index contributed by atoms with van der Waals surface area (Å²) in [4.78, 5) is 10.8. The van der Waals surface area contributed by atoms with Crippen LogP contribution in [0.5, 0.6) is 0 Å². The first-order valence-electron chi connectivity index (χ1n) is 8.33. The lowest BCUT2D eigenvalue weighted by atomic mass is 10.2. The monoisotopic (exact) mass is 339 g/mol. The van der Waals surface area contributed by atoms with E-state index in [-0.39, 0.29) is 0 Å². The molecule has 132 valence electrons. The molecule has 3 aromatic heterocycles. The van der Waals surface area contributed by atoms with Gasteiger partial charge >= 0.3 is 0 Å². The van der Waals surface area contributed by atoms with Gasteiger partial charge < -0.3 is 10.2 Å². The summed E-state index contributed by atoms with van der Waals surface area (Å²) in [5, 5.41) is 8.05. The van der Waals surface area contributed by atoms with E-state index < -0.39 is 0 Å². The molecular formula is C18H25N7. The number of hydrogen-bond acceptors (Lipinski definition) is 5. The molecule has 7 heteroatoms. The summed E-state index contributed by atoms with van der Waals surface area (Å²) in [6.07, 6.45) is 5.56. The van der Waals surface area contributed by atoms with Gasteiger partial charge in [-0.3, -0.25) is 9.25 Å².